The first-order valence-electron chi connectivity index (χ1n) is 7.04. The van der Waals surface area contributed by atoms with Gasteiger partial charge in [-0.3, -0.25) is 4.79 Å². The van der Waals surface area contributed by atoms with E-state index in [1.807, 2.05) is 38.1 Å². The summed E-state index contributed by atoms with van der Waals surface area (Å²) in [5.41, 5.74) is 1.57. The van der Waals surface area contributed by atoms with E-state index >= 15 is 0 Å². The average Bonchev–Trinajstić information content (AvgIpc) is 2.72. The van der Waals surface area contributed by atoms with Crippen molar-refractivity contribution in [1.29, 1.82) is 0 Å². The summed E-state index contributed by atoms with van der Waals surface area (Å²) in [5, 5.41) is 13.1. The Hall–Kier alpha value is -2.30. The molecule has 0 fully saturated rings. The van der Waals surface area contributed by atoms with Gasteiger partial charge in [0.2, 0.25) is 5.91 Å². The smallest absolute Gasteiger partial charge is 0.352 e. The van der Waals surface area contributed by atoms with E-state index < -0.39 is 5.97 Å². The number of carboxylic acid groups (broad SMARTS) is 1. The molecule has 2 N–H and O–H groups in total. The van der Waals surface area contributed by atoms with E-state index in [0.29, 0.717) is 5.56 Å². The fourth-order valence-corrected chi connectivity index (χ4v) is 2.51. The van der Waals surface area contributed by atoms with Crippen LogP contribution in [-0.4, -0.2) is 27.6 Å². The van der Waals surface area contributed by atoms with Gasteiger partial charge in [-0.15, -0.1) is 0 Å². The standard InChI is InChI=1S/C16H20N2O3/c1-4-10(2)17-14(19)9-12-11-7-5-6-8-13(11)18(3)15(12)16(20)21/h5-8,10H,4,9H2,1-3H3,(H,17,19)(H,20,21). The van der Waals surface area contributed by atoms with Gasteiger partial charge in [0.05, 0.1) is 6.42 Å². The zero-order valence-corrected chi connectivity index (χ0v) is 12.5. The van der Waals surface area contributed by atoms with Gasteiger partial charge < -0.3 is 15.0 Å². The minimum Gasteiger partial charge on any atom is -0.477 e. The molecule has 1 atom stereocenters. The van der Waals surface area contributed by atoms with Crippen LogP contribution in [0.5, 0.6) is 0 Å². The van der Waals surface area contributed by atoms with Crippen LogP contribution in [0.4, 0.5) is 0 Å². The number of rotatable bonds is 5. The second-order valence-corrected chi connectivity index (χ2v) is 5.26. The zero-order valence-electron chi connectivity index (χ0n) is 12.5. The molecule has 21 heavy (non-hydrogen) atoms. The van der Waals surface area contributed by atoms with Crippen LogP contribution in [0.3, 0.4) is 0 Å². The number of carboxylic acids is 1. The number of amides is 1. The Labute approximate surface area is 123 Å². The average molecular weight is 288 g/mol. The van der Waals surface area contributed by atoms with Gasteiger partial charge in [-0.2, -0.15) is 0 Å². The number of hydrogen-bond donors (Lipinski definition) is 2. The van der Waals surface area contributed by atoms with Gasteiger partial charge in [0.15, 0.2) is 0 Å². The Morgan fingerprint density at radius 2 is 2.00 bits per heavy atom. The first-order valence-corrected chi connectivity index (χ1v) is 7.04. The van der Waals surface area contributed by atoms with Crippen molar-refractivity contribution in [3.8, 4) is 0 Å². The van der Waals surface area contributed by atoms with Crippen molar-refractivity contribution in [2.75, 3.05) is 0 Å². The largest absolute Gasteiger partial charge is 0.477 e. The minimum absolute atomic E-state index is 0.0767. The molecule has 1 aromatic carbocycles. The molecule has 5 heteroatoms. The molecule has 1 amide bonds. The van der Waals surface area contributed by atoms with Crippen molar-refractivity contribution in [2.24, 2.45) is 7.05 Å². The summed E-state index contributed by atoms with van der Waals surface area (Å²) in [6.07, 6.45) is 0.917. The predicted molar refractivity (Wildman–Crippen MR) is 81.5 cm³/mol. The van der Waals surface area contributed by atoms with Crippen molar-refractivity contribution in [2.45, 2.75) is 32.7 Å². The molecular weight excluding hydrogens is 268 g/mol. The van der Waals surface area contributed by atoms with E-state index in [2.05, 4.69) is 5.32 Å². The highest BCUT2D eigenvalue weighted by Gasteiger charge is 2.22. The molecule has 5 nitrogen and oxygen atoms in total. The van der Waals surface area contributed by atoms with Gasteiger partial charge in [-0.05, 0) is 19.4 Å². The SMILES string of the molecule is CCC(C)NC(=O)Cc1c(C(=O)O)n(C)c2ccccc12. The Morgan fingerprint density at radius 1 is 1.33 bits per heavy atom. The van der Waals surface area contributed by atoms with Gasteiger partial charge >= 0.3 is 5.97 Å². The molecule has 0 aliphatic carbocycles. The van der Waals surface area contributed by atoms with E-state index in [4.69, 9.17) is 0 Å². The fourth-order valence-electron chi connectivity index (χ4n) is 2.51. The molecule has 1 aromatic heterocycles. The summed E-state index contributed by atoms with van der Waals surface area (Å²) in [5.74, 6) is -1.16. The molecule has 112 valence electrons. The van der Waals surface area contributed by atoms with Gasteiger partial charge in [-0.1, -0.05) is 25.1 Å². The first-order chi connectivity index (χ1) is 9.95. The molecule has 2 rings (SSSR count). The number of carbonyl (C=O) groups is 2. The van der Waals surface area contributed by atoms with E-state index in [-0.39, 0.29) is 24.1 Å². The van der Waals surface area contributed by atoms with Crippen LogP contribution in [-0.2, 0) is 18.3 Å². The van der Waals surface area contributed by atoms with Crippen LogP contribution in [0.15, 0.2) is 24.3 Å². The van der Waals surface area contributed by atoms with Gasteiger partial charge in [0.1, 0.15) is 5.69 Å². The number of nitrogens with zero attached hydrogens (tertiary/aromatic N) is 1. The molecule has 0 radical (unpaired) electrons. The van der Waals surface area contributed by atoms with Gasteiger partial charge in [0.25, 0.3) is 0 Å². The van der Waals surface area contributed by atoms with Gasteiger partial charge in [0, 0.05) is 29.6 Å². The number of aromatic carboxylic acids is 1. The lowest BCUT2D eigenvalue weighted by molar-refractivity contribution is -0.121. The topological polar surface area (TPSA) is 71.3 Å². The monoisotopic (exact) mass is 288 g/mol. The van der Waals surface area contributed by atoms with Crippen molar-refractivity contribution in [1.82, 2.24) is 9.88 Å². The predicted octanol–water partition coefficient (Wildman–Crippen LogP) is 2.33. The molecule has 0 spiro atoms. The lowest BCUT2D eigenvalue weighted by Crippen LogP contribution is -2.33. The number of fused-ring (bicyclic) bond motifs is 1. The molecular formula is C16H20N2O3. The third kappa shape index (κ3) is 2.91. The molecule has 0 aliphatic rings. The molecule has 0 saturated heterocycles. The van der Waals surface area contributed by atoms with Crippen molar-refractivity contribution < 1.29 is 14.7 Å². The fraction of sp³-hybridized carbons (Fsp3) is 0.375. The van der Waals surface area contributed by atoms with Crippen molar-refractivity contribution in [3.63, 3.8) is 0 Å². The van der Waals surface area contributed by atoms with Crippen molar-refractivity contribution >= 4 is 22.8 Å². The van der Waals surface area contributed by atoms with E-state index in [1.165, 1.54) is 0 Å². The Bertz CT molecular complexity index is 688. The number of nitrogens with one attached hydrogen (secondary N) is 1. The normalized spacial score (nSPS) is 12.3. The lowest BCUT2D eigenvalue weighted by Gasteiger charge is -2.11. The highest BCUT2D eigenvalue weighted by molar-refractivity contribution is 6.00. The van der Waals surface area contributed by atoms with Crippen molar-refractivity contribution in [3.05, 3.63) is 35.5 Å². The number of hydrogen-bond acceptors (Lipinski definition) is 2. The van der Waals surface area contributed by atoms with Crippen LogP contribution in [0.25, 0.3) is 10.9 Å². The second kappa shape index (κ2) is 5.99. The molecule has 0 saturated carbocycles. The molecule has 1 heterocycles. The summed E-state index contributed by atoms with van der Waals surface area (Å²) in [6.45, 7) is 3.92. The number of benzene rings is 1. The molecule has 1 unspecified atom stereocenters. The number of aromatic nitrogens is 1. The number of para-hydroxylation sites is 1. The highest BCUT2D eigenvalue weighted by Crippen LogP contribution is 2.25. The number of carbonyl (C=O) groups excluding carboxylic acids is 1. The third-order valence-corrected chi connectivity index (χ3v) is 3.77. The Morgan fingerprint density at radius 3 is 2.62 bits per heavy atom. The maximum atomic E-state index is 12.1. The Kier molecular flexibility index (Phi) is 4.31. The summed E-state index contributed by atoms with van der Waals surface area (Å²) in [6, 6.07) is 7.51. The van der Waals surface area contributed by atoms with E-state index in [9.17, 15) is 14.7 Å². The highest BCUT2D eigenvalue weighted by atomic mass is 16.4. The van der Waals surface area contributed by atoms with Crippen LogP contribution >= 0.6 is 0 Å². The Balaban J connectivity index is 2.45. The molecule has 0 aliphatic heterocycles. The molecule has 0 bridgehead atoms. The third-order valence-electron chi connectivity index (χ3n) is 3.77. The lowest BCUT2D eigenvalue weighted by atomic mass is 10.1. The van der Waals surface area contributed by atoms with Crippen LogP contribution in [0, 0.1) is 0 Å². The first kappa shape index (κ1) is 15.1. The van der Waals surface area contributed by atoms with Crippen LogP contribution < -0.4 is 5.32 Å². The van der Waals surface area contributed by atoms with Crippen LogP contribution in [0.1, 0.15) is 36.3 Å². The van der Waals surface area contributed by atoms with Crippen LogP contribution in [0.2, 0.25) is 0 Å². The molecule has 2 aromatic rings. The van der Waals surface area contributed by atoms with Gasteiger partial charge in [-0.25, -0.2) is 4.79 Å². The maximum Gasteiger partial charge on any atom is 0.352 e. The number of aryl methyl sites for hydroxylation is 1. The van der Waals surface area contributed by atoms with E-state index in [1.54, 1.807) is 11.6 Å². The second-order valence-electron chi connectivity index (χ2n) is 5.26. The summed E-state index contributed by atoms with van der Waals surface area (Å²) in [7, 11) is 1.71. The zero-order chi connectivity index (χ0) is 15.6. The summed E-state index contributed by atoms with van der Waals surface area (Å²) >= 11 is 0. The summed E-state index contributed by atoms with van der Waals surface area (Å²) in [4.78, 5) is 23.6. The van der Waals surface area contributed by atoms with E-state index in [0.717, 1.165) is 17.3 Å². The maximum absolute atomic E-state index is 12.1. The quantitative estimate of drug-likeness (QED) is 0.887. The summed E-state index contributed by atoms with van der Waals surface area (Å²) < 4.78 is 1.63. The minimum atomic E-state index is -1.01.